The number of halogens is 1. The average molecular weight is 424 g/mol. The molecule has 2 aromatic carbocycles. The van der Waals surface area contributed by atoms with Crippen molar-refractivity contribution in [1.29, 1.82) is 0 Å². The summed E-state index contributed by atoms with van der Waals surface area (Å²) in [7, 11) is -3.71. The molecule has 0 spiro atoms. The molecule has 0 aliphatic carbocycles. The Morgan fingerprint density at radius 1 is 1.18 bits per heavy atom. The van der Waals surface area contributed by atoms with Crippen LogP contribution in [-0.2, 0) is 16.6 Å². The molecule has 3 rings (SSSR count). The smallest absolute Gasteiger partial charge is 0.251 e. The molecule has 1 heterocycles. The van der Waals surface area contributed by atoms with Gasteiger partial charge in [-0.05, 0) is 49.6 Å². The van der Waals surface area contributed by atoms with Crippen molar-refractivity contribution in [3.63, 3.8) is 0 Å². The van der Waals surface area contributed by atoms with E-state index in [1.807, 2.05) is 37.3 Å². The van der Waals surface area contributed by atoms with Crippen molar-refractivity contribution in [2.75, 3.05) is 13.1 Å². The van der Waals surface area contributed by atoms with Gasteiger partial charge in [-0.15, -0.1) is 12.4 Å². The van der Waals surface area contributed by atoms with Gasteiger partial charge in [-0.25, -0.2) is 13.1 Å². The zero-order valence-electron chi connectivity index (χ0n) is 15.8. The summed E-state index contributed by atoms with van der Waals surface area (Å²) in [6, 6.07) is 14.0. The molecule has 1 aliphatic rings. The minimum Gasteiger partial charge on any atom is -0.348 e. The molecule has 28 heavy (non-hydrogen) atoms. The molecule has 8 heteroatoms. The Kier molecular flexibility index (Phi) is 8.00. The highest BCUT2D eigenvalue weighted by molar-refractivity contribution is 7.89. The average Bonchev–Trinajstić information content (AvgIpc) is 2.68. The summed E-state index contributed by atoms with van der Waals surface area (Å²) in [5.74, 6) is -0.235. The van der Waals surface area contributed by atoms with Crippen LogP contribution in [0.1, 0.15) is 34.3 Å². The molecule has 3 N–H and O–H groups in total. The van der Waals surface area contributed by atoms with Crippen molar-refractivity contribution in [3.05, 3.63) is 65.2 Å². The third-order valence-electron chi connectivity index (χ3n) is 4.71. The normalized spacial score (nSPS) is 16.8. The minimum absolute atomic E-state index is 0. The number of hydrogen-bond acceptors (Lipinski definition) is 4. The van der Waals surface area contributed by atoms with Crippen molar-refractivity contribution in [3.8, 4) is 0 Å². The van der Waals surface area contributed by atoms with E-state index in [2.05, 4.69) is 15.4 Å². The number of piperidine rings is 1. The molecule has 0 radical (unpaired) electrons. The molecule has 0 saturated carbocycles. The van der Waals surface area contributed by atoms with Crippen LogP contribution in [-0.4, -0.2) is 33.5 Å². The second kappa shape index (κ2) is 10.0. The number of nitrogens with one attached hydrogen (secondary N) is 3. The van der Waals surface area contributed by atoms with Crippen molar-refractivity contribution < 1.29 is 13.2 Å². The third kappa shape index (κ3) is 5.78. The quantitative estimate of drug-likeness (QED) is 0.665. The van der Waals surface area contributed by atoms with Gasteiger partial charge in [0.25, 0.3) is 5.91 Å². The maximum absolute atomic E-state index is 12.6. The second-order valence-electron chi connectivity index (χ2n) is 6.80. The summed E-state index contributed by atoms with van der Waals surface area (Å²) in [5, 5.41) is 6.25. The van der Waals surface area contributed by atoms with Gasteiger partial charge < -0.3 is 10.6 Å². The molecule has 1 aliphatic heterocycles. The molecule has 1 fully saturated rings. The van der Waals surface area contributed by atoms with Gasteiger partial charge in [0.15, 0.2) is 0 Å². The lowest BCUT2D eigenvalue weighted by atomic mass is 10.1. The Morgan fingerprint density at radius 3 is 2.61 bits per heavy atom. The van der Waals surface area contributed by atoms with Crippen LogP contribution in [0.2, 0.25) is 0 Å². The number of benzene rings is 2. The SMILES string of the molecule is Cc1ccc(S(=O)(=O)NCc2ccccc2)cc1C(=O)NC1CCCNC1.Cl. The van der Waals surface area contributed by atoms with Crippen molar-refractivity contribution in [2.45, 2.75) is 37.2 Å². The van der Waals surface area contributed by atoms with Gasteiger partial charge in [-0.2, -0.15) is 0 Å². The van der Waals surface area contributed by atoms with E-state index in [-0.39, 0.29) is 35.8 Å². The fraction of sp³-hybridized carbons (Fsp3) is 0.350. The summed E-state index contributed by atoms with van der Waals surface area (Å²) in [6.07, 6.45) is 1.94. The number of sulfonamides is 1. The van der Waals surface area contributed by atoms with Crippen LogP contribution < -0.4 is 15.4 Å². The molecule has 1 unspecified atom stereocenters. The van der Waals surface area contributed by atoms with Gasteiger partial charge in [0, 0.05) is 24.7 Å². The third-order valence-corrected chi connectivity index (χ3v) is 6.10. The van der Waals surface area contributed by atoms with Gasteiger partial charge >= 0.3 is 0 Å². The lowest BCUT2D eigenvalue weighted by Gasteiger charge is -2.24. The van der Waals surface area contributed by atoms with E-state index >= 15 is 0 Å². The standard InChI is InChI=1S/C20H25N3O3S.ClH/c1-15-9-10-18(27(25,26)22-13-16-6-3-2-4-7-16)12-19(15)20(24)23-17-8-5-11-21-14-17;/h2-4,6-7,9-10,12,17,21-22H,5,8,11,13-14H2,1H3,(H,23,24);1H. The molecule has 152 valence electrons. The zero-order valence-corrected chi connectivity index (χ0v) is 17.4. The topological polar surface area (TPSA) is 87.3 Å². The molecule has 0 aromatic heterocycles. The highest BCUT2D eigenvalue weighted by Crippen LogP contribution is 2.17. The minimum atomic E-state index is -3.71. The van der Waals surface area contributed by atoms with Crippen LogP contribution in [0.25, 0.3) is 0 Å². The number of amides is 1. The van der Waals surface area contributed by atoms with E-state index < -0.39 is 10.0 Å². The summed E-state index contributed by atoms with van der Waals surface area (Å²) < 4.78 is 27.8. The Morgan fingerprint density at radius 2 is 1.93 bits per heavy atom. The second-order valence-corrected chi connectivity index (χ2v) is 8.57. The van der Waals surface area contributed by atoms with Crippen LogP contribution in [0.5, 0.6) is 0 Å². The monoisotopic (exact) mass is 423 g/mol. The number of aryl methyl sites for hydroxylation is 1. The van der Waals surface area contributed by atoms with E-state index in [1.165, 1.54) is 12.1 Å². The van der Waals surface area contributed by atoms with E-state index in [0.29, 0.717) is 5.56 Å². The molecule has 2 aromatic rings. The maximum Gasteiger partial charge on any atom is 0.251 e. The largest absolute Gasteiger partial charge is 0.348 e. The van der Waals surface area contributed by atoms with E-state index in [9.17, 15) is 13.2 Å². The predicted octanol–water partition coefficient (Wildman–Crippen LogP) is 2.38. The van der Waals surface area contributed by atoms with Crippen molar-refractivity contribution in [2.24, 2.45) is 0 Å². The highest BCUT2D eigenvalue weighted by atomic mass is 35.5. The first kappa shape index (κ1) is 22.4. The summed E-state index contributed by atoms with van der Waals surface area (Å²) in [5.41, 5.74) is 2.01. The molecule has 0 bridgehead atoms. The highest BCUT2D eigenvalue weighted by Gasteiger charge is 2.20. The number of hydrogen-bond donors (Lipinski definition) is 3. The first-order chi connectivity index (χ1) is 13.0. The van der Waals surface area contributed by atoms with Gasteiger partial charge in [0.1, 0.15) is 0 Å². The van der Waals surface area contributed by atoms with Crippen molar-refractivity contribution in [1.82, 2.24) is 15.4 Å². The molecule has 1 amide bonds. The molecule has 1 saturated heterocycles. The Labute approximate surface area is 172 Å². The number of rotatable bonds is 6. The first-order valence-corrected chi connectivity index (χ1v) is 10.6. The van der Waals surface area contributed by atoms with Gasteiger partial charge in [0.2, 0.25) is 10.0 Å². The van der Waals surface area contributed by atoms with Gasteiger partial charge in [-0.1, -0.05) is 36.4 Å². The Balaban J connectivity index is 0.00000280. The molecule has 1 atom stereocenters. The maximum atomic E-state index is 12.6. The molecule has 6 nitrogen and oxygen atoms in total. The zero-order chi connectivity index (χ0) is 19.3. The van der Waals surface area contributed by atoms with Crippen LogP contribution in [0.15, 0.2) is 53.4 Å². The van der Waals surface area contributed by atoms with Crippen LogP contribution >= 0.6 is 12.4 Å². The van der Waals surface area contributed by atoms with E-state index in [4.69, 9.17) is 0 Å². The lowest BCUT2D eigenvalue weighted by molar-refractivity contribution is 0.0930. The van der Waals surface area contributed by atoms with Crippen LogP contribution in [0.4, 0.5) is 0 Å². The summed E-state index contributed by atoms with van der Waals surface area (Å²) >= 11 is 0. The lowest BCUT2D eigenvalue weighted by Crippen LogP contribution is -2.45. The molecular formula is C20H26ClN3O3S. The van der Waals surface area contributed by atoms with E-state index in [0.717, 1.165) is 37.1 Å². The van der Waals surface area contributed by atoms with E-state index in [1.54, 1.807) is 6.07 Å². The Bertz CT molecular complexity index is 898. The van der Waals surface area contributed by atoms with Crippen molar-refractivity contribution >= 4 is 28.3 Å². The summed E-state index contributed by atoms with van der Waals surface area (Å²) in [4.78, 5) is 12.7. The fourth-order valence-electron chi connectivity index (χ4n) is 3.11. The summed E-state index contributed by atoms with van der Waals surface area (Å²) in [6.45, 7) is 3.71. The predicted molar refractivity (Wildman–Crippen MR) is 112 cm³/mol. The van der Waals surface area contributed by atoms with Crippen LogP contribution in [0, 0.1) is 6.92 Å². The van der Waals surface area contributed by atoms with Crippen LogP contribution in [0.3, 0.4) is 0 Å². The number of carbonyl (C=O) groups excluding carboxylic acids is 1. The number of carbonyl (C=O) groups is 1. The Hall–Kier alpha value is -1.93. The first-order valence-electron chi connectivity index (χ1n) is 9.11. The fourth-order valence-corrected chi connectivity index (χ4v) is 4.15. The van der Waals surface area contributed by atoms with Gasteiger partial charge in [0.05, 0.1) is 4.90 Å². The molecular weight excluding hydrogens is 398 g/mol. The van der Waals surface area contributed by atoms with Gasteiger partial charge in [-0.3, -0.25) is 4.79 Å².